The van der Waals surface area contributed by atoms with Crippen LogP contribution < -0.4 is 25.0 Å². The van der Waals surface area contributed by atoms with E-state index in [9.17, 15) is 9.18 Å². The van der Waals surface area contributed by atoms with Gasteiger partial charge in [-0.25, -0.2) is 4.39 Å². The second kappa shape index (κ2) is 12.6. The molecule has 2 aromatic rings. The van der Waals surface area contributed by atoms with Crippen LogP contribution in [0.5, 0.6) is 11.5 Å². The zero-order chi connectivity index (χ0) is 29.2. The molecule has 0 aromatic heterocycles. The molecule has 1 atom stereocenters. The quantitative estimate of drug-likeness (QED) is 0.517. The van der Waals surface area contributed by atoms with Crippen molar-refractivity contribution >= 4 is 11.6 Å². The highest BCUT2D eigenvalue weighted by molar-refractivity contribution is 5.94. The number of nitrogens with zero attached hydrogens (tertiary/aromatic N) is 2. The number of carbonyl (C=O) groups excluding carboxylic acids is 1. The summed E-state index contributed by atoms with van der Waals surface area (Å²) in [5.41, 5.74) is 3.43. The van der Waals surface area contributed by atoms with Crippen LogP contribution in [0.25, 0.3) is 0 Å². The first kappa shape index (κ1) is 28.9. The molecule has 8 heteroatoms. The third kappa shape index (κ3) is 6.51. The molecule has 1 saturated carbocycles. The van der Waals surface area contributed by atoms with Crippen LogP contribution in [0.1, 0.15) is 86.0 Å². The Labute approximate surface area is 255 Å². The van der Waals surface area contributed by atoms with Gasteiger partial charge in [0.25, 0.3) is 5.91 Å². The van der Waals surface area contributed by atoms with Crippen molar-refractivity contribution in [2.45, 2.75) is 82.3 Å². The molecule has 2 aromatic carbocycles. The number of rotatable bonds is 7. The lowest BCUT2D eigenvalue weighted by atomic mass is 9.73. The van der Waals surface area contributed by atoms with Crippen molar-refractivity contribution < 1.29 is 29.3 Å². The zero-order valence-corrected chi connectivity index (χ0v) is 25.6. The van der Waals surface area contributed by atoms with Crippen molar-refractivity contribution in [3.63, 3.8) is 0 Å². The van der Waals surface area contributed by atoms with Crippen LogP contribution in [-0.4, -0.2) is 75.4 Å². The van der Waals surface area contributed by atoms with E-state index >= 15 is 0 Å². The van der Waals surface area contributed by atoms with Gasteiger partial charge < -0.3 is 29.9 Å². The van der Waals surface area contributed by atoms with Crippen LogP contribution in [0.15, 0.2) is 36.4 Å². The van der Waals surface area contributed by atoms with Gasteiger partial charge in [0.15, 0.2) is 6.10 Å². The molecular weight excluding hydrogens is 543 g/mol. The minimum absolute atomic E-state index is 0.0226. The first-order chi connectivity index (χ1) is 21.0. The predicted octanol–water partition coefficient (Wildman–Crippen LogP) is 3.44. The van der Waals surface area contributed by atoms with Crippen LogP contribution in [0.3, 0.4) is 0 Å². The maximum Gasteiger partial charge on any atom is 0.253 e. The van der Waals surface area contributed by atoms with Gasteiger partial charge in [-0.05, 0) is 61.4 Å². The summed E-state index contributed by atoms with van der Waals surface area (Å²) in [6.07, 6.45) is 11.3. The van der Waals surface area contributed by atoms with Gasteiger partial charge in [-0.15, -0.1) is 0 Å². The minimum Gasteiger partial charge on any atom is -0.490 e. The lowest BCUT2D eigenvalue weighted by molar-refractivity contribution is -0.742. The Morgan fingerprint density at radius 1 is 0.837 bits per heavy atom. The number of likely N-dealkylation sites (tertiary alicyclic amines) is 1. The van der Waals surface area contributed by atoms with Crippen molar-refractivity contribution in [2.75, 3.05) is 57.3 Å². The summed E-state index contributed by atoms with van der Waals surface area (Å²) in [6.45, 7) is 7.85. The van der Waals surface area contributed by atoms with Crippen LogP contribution in [0.2, 0.25) is 0 Å². The van der Waals surface area contributed by atoms with E-state index in [1.54, 1.807) is 6.07 Å². The third-order valence-electron chi connectivity index (χ3n) is 10.9. The van der Waals surface area contributed by atoms with Gasteiger partial charge in [0.2, 0.25) is 0 Å². The standard InChI is InChI=1S/C35H47FN4O3/c36-27-19-28(39-16-11-35(12-17-39)23-38-24-35)21-31(20-27)42-29-9-14-40(15-10-29)34(41)26-6-7-33(43-30-8-13-37-22-30)32(18-26)25-4-2-1-3-5-25/h6-7,18-21,25,29-30,37-38H,1-5,8-17,22-24H2/p+2/t30-/m0/s1. The summed E-state index contributed by atoms with van der Waals surface area (Å²) < 4.78 is 27.5. The average Bonchev–Trinajstić information content (AvgIpc) is 3.54. The molecule has 5 aliphatic rings. The number of anilines is 1. The summed E-state index contributed by atoms with van der Waals surface area (Å²) in [6, 6.07) is 11.3. The Morgan fingerprint density at radius 3 is 2.33 bits per heavy atom. The molecule has 0 unspecified atom stereocenters. The number of hydrogen-bond acceptors (Lipinski definition) is 4. The number of ether oxygens (including phenoxy) is 2. The topological polar surface area (TPSA) is 75.2 Å². The number of piperidine rings is 2. The first-order valence-corrected chi connectivity index (χ1v) is 17.0. The summed E-state index contributed by atoms with van der Waals surface area (Å²) in [4.78, 5) is 17.9. The molecule has 0 bridgehead atoms. The molecule has 7 rings (SSSR count). The Hall–Kier alpha value is -2.84. The Balaban J connectivity index is 0.972. The predicted molar refractivity (Wildman–Crippen MR) is 164 cm³/mol. The highest BCUT2D eigenvalue weighted by atomic mass is 19.1. The summed E-state index contributed by atoms with van der Waals surface area (Å²) in [5.74, 6) is 1.90. The lowest BCUT2D eigenvalue weighted by Gasteiger charge is -2.45. The highest BCUT2D eigenvalue weighted by Gasteiger charge is 2.44. The van der Waals surface area contributed by atoms with Gasteiger partial charge in [0.05, 0.1) is 25.0 Å². The number of carbonyl (C=O) groups is 1. The molecule has 232 valence electrons. The van der Waals surface area contributed by atoms with Gasteiger partial charge in [0.1, 0.15) is 30.0 Å². The normalized spacial score (nSPS) is 24.6. The largest absolute Gasteiger partial charge is 0.490 e. The van der Waals surface area contributed by atoms with E-state index in [1.165, 1.54) is 69.7 Å². The van der Waals surface area contributed by atoms with Crippen molar-refractivity contribution in [1.29, 1.82) is 0 Å². The summed E-state index contributed by atoms with van der Waals surface area (Å²) in [7, 11) is 0. The molecule has 1 spiro atoms. The first-order valence-electron chi connectivity index (χ1n) is 17.0. The van der Waals surface area contributed by atoms with E-state index in [1.807, 2.05) is 17.0 Å². The molecule has 5 fully saturated rings. The van der Waals surface area contributed by atoms with Crippen molar-refractivity contribution in [2.24, 2.45) is 5.41 Å². The molecule has 4 saturated heterocycles. The van der Waals surface area contributed by atoms with E-state index in [-0.39, 0.29) is 23.9 Å². The van der Waals surface area contributed by atoms with Crippen LogP contribution in [-0.2, 0) is 0 Å². The highest BCUT2D eigenvalue weighted by Crippen LogP contribution is 2.39. The average molecular weight is 593 g/mol. The maximum atomic E-state index is 14.7. The summed E-state index contributed by atoms with van der Waals surface area (Å²) >= 11 is 0. The van der Waals surface area contributed by atoms with Gasteiger partial charge >= 0.3 is 0 Å². The number of quaternary nitrogens is 2. The number of hydrogen-bond donors (Lipinski definition) is 2. The zero-order valence-electron chi connectivity index (χ0n) is 25.6. The molecule has 4 N–H and O–H groups in total. The number of benzene rings is 2. The monoisotopic (exact) mass is 592 g/mol. The Morgan fingerprint density at radius 2 is 1.63 bits per heavy atom. The third-order valence-corrected chi connectivity index (χ3v) is 10.9. The van der Waals surface area contributed by atoms with Gasteiger partial charge in [-0.1, -0.05) is 19.3 Å². The second-order valence-corrected chi connectivity index (χ2v) is 13.9. The molecule has 4 heterocycles. The van der Waals surface area contributed by atoms with Crippen LogP contribution >= 0.6 is 0 Å². The fourth-order valence-corrected chi connectivity index (χ4v) is 8.08. The minimum atomic E-state index is -0.246. The van der Waals surface area contributed by atoms with Gasteiger partial charge in [-0.3, -0.25) is 4.79 Å². The molecule has 0 radical (unpaired) electrons. The van der Waals surface area contributed by atoms with E-state index in [2.05, 4.69) is 27.7 Å². The van der Waals surface area contributed by atoms with Gasteiger partial charge in [0, 0.05) is 68.8 Å². The fourth-order valence-electron chi connectivity index (χ4n) is 8.08. The van der Waals surface area contributed by atoms with Gasteiger partial charge in [-0.2, -0.15) is 0 Å². The van der Waals surface area contributed by atoms with Crippen molar-refractivity contribution in [3.8, 4) is 11.5 Å². The fraction of sp³-hybridized carbons (Fsp3) is 0.629. The summed E-state index contributed by atoms with van der Waals surface area (Å²) in [5, 5.41) is 4.71. The van der Waals surface area contributed by atoms with Crippen molar-refractivity contribution in [3.05, 3.63) is 53.3 Å². The van der Waals surface area contributed by atoms with E-state index in [0.717, 1.165) is 62.4 Å². The van der Waals surface area contributed by atoms with E-state index in [4.69, 9.17) is 9.47 Å². The Kier molecular flexibility index (Phi) is 8.50. The lowest BCUT2D eigenvalue weighted by Crippen LogP contribution is -3.00. The molecule has 1 aliphatic carbocycles. The molecule has 1 amide bonds. The molecular formula is C35H49FN4O3+2. The Bertz CT molecular complexity index is 1270. The smallest absolute Gasteiger partial charge is 0.253 e. The van der Waals surface area contributed by atoms with Crippen LogP contribution in [0, 0.1) is 11.2 Å². The van der Waals surface area contributed by atoms with Crippen LogP contribution in [0.4, 0.5) is 10.1 Å². The molecule has 43 heavy (non-hydrogen) atoms. The van der Waals surface area contributed by atoms with E-state index < -0.39 is 0 Å². The molecule has 4 aliphatic heterocycles. The van der Waals surface area contributed by atoms with E-state index in [0.29, 0.717) is 30.2 Å². The SMILES string of the molecule is O=C(c1ccc(O[C@H]2CC[NH2+]C2)c(C2CCCCC2)c1)N1CCC(Oc2cc(F)cc(N3CCC4(CC3)C[NH2+]C4)c2)CC1. The number of nitrogens with two attached hydrogens (primary N) is 2. The number of halogens is 1. The second-order valence-electron chi connectivity index (χ2n) is 13.9. The van der Waals surface area contributed by atoms with Crippen molar-refractivity contribution in [1.82, 2.24) is 4.90 Å². The molecule has 7 nitrogen and oxygen atoms in total. The maximum absolute atomic E-state index is 14.7. The number of amides is 1.